The third-order valence-corrected chi connectivity index (χ3v) is 9.51. The van der Waals surface area contributed by atoms with Crippen molar-refractivity contribution in [3.63, 3.8) is 0 Å². The van der Waals surface area contributed by atoms with Crippen LogP contribution in [0.3, 0.4) is 0 Å². The lowest BCUT2D eigenvalue weighted by Gasteiger charge is -2.24. The van der Waals surface area contributed by atoms with Gasteiger partial charge in [0.1, 0.15) is 12.3 Å². The minimum absolute atomic E-state index is 0.0873. The molecule has 0 radical (unpaired) electrons. The molecule has 1 aromatic heterocycles. The first-order valence-electron chi connectivity index (χ1n) is 13.5. The van der Waals surface area contributed by atoms with Gasteiger partial charge in [-0.25, -0.2) is 13.8 Å². The predicted octanol–water partition coefficient (Wildman–Crippen LogP) is 6.18. The van der Waals surface area contributed by atoms with Crippen LogP contribution in [-0.4, -0.2) is 44.5 Å². The summed E-state index contributed by atoms with van der Waals surface area (Å²) in [5.41, 5.74) is 9.17. The highest BCUT2D eigenvalue weighted by Crippen LogP contribution is 2.27. The fraction of sp³-hybridized carbons (Fsp3) is 0.250. The van der Waals surface area contributed by atoms with Crippen molar-refractivity contribution in [3.8, 4) is 11.4 Å². The van der Waals surface area contributed by atoms with E-state index in [0.29, 0.717) is 18.0 Å². The number of amides is 1. The second kappa shape index (κ2) is 13.3. The van der Waals surface area contributed by atoms with Crippen LogP contribution in [0.15, 0.2) is 87.7 Å². The van der Waals surface area contributed by atoms with Crippen LogP contribution in [0.5, 0.6) is 5.75 Å². The van der Waals surface area contributed by atoms with E-state index in [0.717, 1.165) is 31.8 Å². The molecular weight excluding hydrogens is 569 g/mol. The number of thioether (sulfide) groups is 1. The number of nitrogens with one attached hydrogen (secondary N) is 1. The summed E-state index contributed by atoms with van der Waals surface area (Å²) in [5, 5.41) is 4.16. The van der Waals surface area contributed by atoms with E-state index in [2.05, 4.69) is 47.1 Å². The van der Waals surface area contributed by atoms with Crippen molar-refractivity contribution in [2.45, 2.75) is 44.4 Å². The number of ether oxygens (including phenoxy) is 1. The highest BCUT2D eigenvalue weighted by molar-refractivity contribution is 7.98. The molecule has 0 fully saturated rings. The molecule has 1 amide bonds. The van der Waals surface area contributed by atoms with Gasteiger partial charge < -0.3 is 9.30 Å². The molecule has 0 aliphatic rings. The van der Waals surface area contributed by atoms with Crippen LogP contribution in [-0.2, 0) is 14.8 Å². The minimum Gasteiger partial charge on any atom is -0.494 e. The molecular formula is C32H36N4O4S2. The third kappa shape index (κ3) is 6.88. The summed E-state index contributed by atoms with van der Waals surface area (Å²) in [6.45, 7) is 10.1. The number of rotatable bonds is 11. The number of hydrazone groups is 1. The molecule has 0 saturated heterocycles. The summed E-state index contributed by atoms with van der Waals surface area (Å²) >= 11 is 1.52. The maximum Gasteiger partial charge on any atom is 0.264 e. The number of carbonyl (C=O) groups excluding carboxylic acids is 1. The molecule has 220 valence electrons. The number of hydrogen-bond acceptors (Lipinski definition) is 6. The second-order valence-electron chi connectivity index (χ2n) is 9.84. The van der Waals surface area contributed by atoms with Gasteiger partial charge in [-0.15, -0.1) is 11.8 Å². The first-order chi connectivity index (χ1) is 20.0. The first kappa shape index (κ1) is 30.9. The van der Waals surface area contributed by atoms with Gasteiger partial charge in [0, 0.05) is 27.5 Å². The van der Waals surface area contributed by atoms with Crippen LogP contribution in [0, 0.1) is 27.7 Å². The highest BCUT2D eigenvalue weighted by Gasteiger charge is 2.27. The van der Waals surface area contributed by atoms with Crippen LogP contribution in [0.2, 0.25) is 0 Å². The number of nitrogens with zero attached hydrogens (tertiary/aromatic N) is 3. The predicted molar refractivity (Wildman–Crippen MR) is 171 cm³/mol. The molecule has 0 aliphatic heterocycles. The smallest absolute Gasteiger partial charge is 0.264 e. The van der Waals surface area contributed by atoms with E-state index >= 15 is 0 Å². The Bertz CT molecular complexity index is 1690. The number of hydrogen-bond donors (Lipinski definition) is 1. The molecule has 3 aromatic carbocycles. The Labute approximate surface area is 252 Å². The molecule has 0 spiro atoms. The molecule has 10 heteroatoms. The molecule has 4 aromatic rings. The van der Waals surface area contributed by atoms with E-state index in [9.17, 15) is 13.2 Å². The summed E-state index contributed by atoms with van der Waals surface area (Å²) in [6.07, 6.45) is 3.50. The van der Waals surface area contributed by atoms with E-state index in [1.165, 1.54) is 22.9 Å². The largest absolute Gasteiger partial charge is 0.494 e. The molecule has 1 N–H and O–H groups in total. The van der Waals surface area contributed by atoms with Crippen LogP contribution in [0.25, 0.3) is 5.69 Å². The lowest BCUT2D eigenvalue weighted by atomic mass is 10.1. The zero-order valence-electron chi connectivity index (χ0n) is 24.7. The Balaban J connectivity index is 1.56. The maximum absolute atomic E-state index is 13.7. The zero-order valence-corrected chi connectivity index (χ0v) is 26.3. The number of carbonyl (C=O) groups is 1. The van der Waals surface area contributed by atoms with E-state index in [4.69, 9.17) is 4.74 Å². The average molecular weight is 605 g/mol. The molecule has 0 bridgehead atoms. The Kier molecular flexibility index (Phi) is 9.80. The second-order valence-corrected chi connectivity index (χ2v) is 12.6. The van der Waals surface area contributed by atoms with Crippen LogP contribution in [0.4, 0.5) is 5.69 Å². The van der Waals surface area contributed by atoms with E-state index < -0.39 is 22.5 Å². The number of benzene rings is 3. The summed E-state index contributed by atoms with van der Waals surface area (Å²) in [5.74, 6) is 0.0304. The van der Waals surface area contributed by atoms with Crippen LogP contribution in [0.1, 0.15) is 35.0 Å². The number of sulfonamides is 1. The lowest BCUT2D eigenvalue weighted by molar-refractivity contribution is -0.119. The van der Waals surface area contributed by atoms with E-state index in [-0.39, 0.29) is 4.90 Å². The summed E-state index contributed by atoms with van der Waals surface area (Å²) < 4.78 is 36.1. The van der Waals surface area contributed by atoms with Gasteiger partial charge in [-0.1, -0.05) is 6.07 Å². The number of aromatic nitrogens is 1. The molecule has 0 atom stereocenters. The zero-order chi connectivity index (χ0) is 30.4. The number of anilines is 1. The quantitative estimate of drug-likeness (QED) is 0.125. The SMILES string of the molecule is CCOc1ccc(N(CC(=O)N/N=C/c2cc(C)n(-c3ccc(C)c(C)c3)c2C)S(=O)(=O)c2ccc(SC)cc2)cc1. The van der Waals surface area contributed by atoms with Crippen molar-refractivity contribution in [2.75, 3.05) is 23.7 Å². The minimum atomic E-state index is -4.06. The topological polar surface area (TPSA) is 93.0 Å². The van der Waals surface area contributed by atoms with Gasteiger partial charge in [0.25, 0.3) is 15.9 Å². The van der Waals surface area contributed by atoms with E-state index in [1.54, 1.807) is 54.7 Å². The van der Waals surface area contributed by atoms with E-state index in [1.807, 2.05) is 33.1 Å². The van der Waals surface area contributed by atoms with Gasteiger partial charge in [0.05, 0.1) is 23.4 Å². The molecule has 0 aliphatic carbocycles. The fourth-order valence-corrected chi connectivity index (χ4v) is 6.41. The van der Waals surface area contributed by atoms with Crippen molar-refractivity contribution in [2.24, 2.45) is 5.10 Å². The van der Waals surface area contributed by atoms with Crippen LogP contribution >= 0.6 is 11.8 Å². The molecule has 4 rings (SSSR count). The molecule has 0 saturated carbocycles. The maximum atomic E-state index is 13.7. The fourth-order valence-electron chi connectivity index (χ4n) is 4.59. The standard InChI is InChI=1S/C32H36N4O4S2/c1-7-40-29-12-10-27(11-13-29)35(42(38,39)31-16-14-30(41-6)15-17-31)21-32(37)34-33-20-26-19-24(4)36(25(26)5)28-9-8-22(2)23(3)18-28/h8-20H,7,21H2,1-6H3,(H,34,37)/b33-20+. The monoisotopic (exact) mass is 604 g/mol. The lowest BCUT2D eigenvalue weighted by Crippen LogP contribution is -2.39. The summed E-state index contributed by atoms with van der Waals surface area (Å²) in [6, 6.07) is 21.5. The van der Waals surface area contributed by atoms with Gasteiger partial charge in [-0.3, -0.25) is 9.10 Å². The van der Waals surface area contributed by atoms with Crippen molar-refractivity contribution >= 4 is 39.6 Å². The average Bonchev–Trinajstić information content (AvgIpc) is 3.26. The van der Waals surface area contributed by atoms with Gasteiger partial charge >= 0.3 is 0 Å². The molecule has 42 heavy (non-hydrogen) atoms. The van der Waals surface area contributed by atoms with Gasteiger partial charge in [0.15, 0.2) is 0 Å². The van der Waals surface area contributed by atoms with Crippen molar-refractivity contribution in [1.82, 2.24) is 9.99 Å². The highest BCUT2D eigenvalue weighted by atomic mass is 32.2. The Morgan fingerprint density at radius 3 is 2.29 bits per heavy atom. The first-order valence-corrected chi connectivity index (χ1v) is 16.2. The molecule has 1 heterocycles. The molecule has 0 unspecified atom stereocenters. The van der Waals surface area contributed by atoms with Gasteiger partial charge in [-0.2, -0.15) is 5.10 Å². The Morgan fingerprint density at radius 1 is 0.976 bits per heavy atom. The summed E-state index contributed by atoms with van der Waals surface area (Å²) in [4.78, 5) is 14.1. The van der Waals surface area contributed by atoms with Crippen LogP contribution < -0.4 is 14.5 Å². The summed E-state index contributed by atoms with van der Waals surface area (Å²) in [7, 11) is -4.06. The van der Waals surface area contributed by atoms with Gasteiger partial charge in [-0.05, 0) is 119 Å². The normalized spacial score (nSPS) is 11.6. The van der Waals surface area contributed by atoms with Gasteiger partial charge in [0.2, 0.25) is 0 Å². The number of aryl methyl sites for hydroxylation is 3. The molecule has 8 nitrogen and oxygen atoms in total. The van der Waals surface area contributed by atoms with Crippen molar-refractivity contribution in [1.29, 1.82) is 0 Å². The third-order valence-electron chi connectivity index (χ3n) is 6.98. The Hall–Kier alpha value is -4.02. The Morgan fingerprint density at radius 2 is 1.67 bits per heavy atom. The van der Waals surface area contributed by atoms with Crippen molar-refractivity contribution < 1.29 is 17.9 Å². The van der Waals surface area contributed by atoms with Crippen molar-refractivity contribution in [3.05, 3.63) is 101 Å².